The Morgan fingerprint density at radius 3 is 1.07 bits per heavy atom. The highest BCUT2D eigenvalue weighted by molar-refractivity contribution is 5.01. The van der Waals surface area contributed by atoms with Crippen LogP contribution in [-0.4, -0.2) is 0 Å². The number of hydrogen-bond acceptors (Lipinski definition) is 0. The molecule has 0 rings (SSSR count). The van der Waals surface area contributed by atoms with Crippen LogP contribution in [-0.2, 0) is 0 Å². The summed E-state index contributed by atoms with van der Waals surface area (Å²) in [6.07, 6.45) is 38.5. The summed E-state index contributed by atoms with van der Waals surface area (Å²) < 4.78 is 0. The molecule has 0 nitrogen and oxygen atoms in total. The molecule has 0 bridgehead atoms. The molecule has 0 aromatic heterocycles. The average molecular weight is 417 g/mol. The lowest BCUT2D eigenvalue weighted by Crippen LogP contribution is -1.88. The van der Waals surface area contributed by atoms with Gasteiger partial charge in [-0.15, -0.1) is 13.2 Å². The summed E-state index contributed by atoms with van der Waals surface area (Å²) in [5, 5.41) is 0. The standard InChI is InChI=1S/C30H56/c1-4-7-9-11-13-15-16-17-18-19-20-22-24-26-29-30(27-6-3)28-25-23-21-14-12-10-8-5-2/h4-5,27H,1-2,6-26,28-29H2,3H3. The molecule has 0 saturated heterocycles. The van der Waals surface area contributed by atoms with Crippen molar-refractivity contribution in [3.63, 3.8) is 0 Å². The zero-order valence-electron chi connectivity index (χ0n) is 20.9. The van der Waals surface area contributed by atoms with Crippen molar-refractivity contribution in [2.45, 2.75) is 155 Å². The van der Waals surface area contributed by atoms with E-state index in [9.17, 15) is 0 Å². The average Bonchev–Trinajstić information content (AvgIpc) is 2.75. The molecule has 0 fully saturated rings. The van der Waals surface area contributed by atoms with Gasteiger partial charge < -0.3 is 0 Å². The molecule has 176 valence electrons. The molecule has 0 aromatic carbocycles. The first-order chi connectivity index (χ1) is 14.8. The van der Waals surface area contributed by atoms with Crippen LogP contribution in [0.2, 0.25) is 0 Å². The Labute approximate surface area is 191 Å². The highest BCUT2D eigenvalue weighted by Gasteiger charge is 2.00. The second-order valence-electron chi connectivity index (χ2n) is 9.29. The van der Waals surface area contributed by atoms with Crippen LogP contribution in [0.1, 0.15) is 155 Å². The minimum atomic E-state index is 1.19. The van der Waals surface area contributed by atoms with Crippen LogP contribution in [0.15, 0.2) is 37.0 Å². The third-order valence-electron chi connectivity index (χ3n) is 6.31. The summed E-state index contributed by atoms with van der Waals surface area (Å²) in [7, 11) is 0. The quantitative estimate of drug-likeness (QED) is 0.102. The molecule has 0 unspecified atom stereocenters. The third kappa shape index (κ3) is 23.5. The van der Waals surface area contributed by atoms with Crippen molar-refractivity contribution < 1.29 is 0 Å². The zero-order valence-corrected chi connectivity index (χ0v) is 20.9. The highest BCUT2D eigenvalue weighted by Crippen LogP contribution is 2.19. The van der Waals surface area contributed by atoms with E-state index in [1.807, 2.05) is 0 Å². The minimum Gasteiger partial charge on any atom is -0.103 e. The summed E-state index contributed by atoms with van der Waals surface area (Å²) in [6, 6.07) is 0. The lowest BCUT2D eigenvalue weighted by atomic mass is 9.98. The first-order valence-corrected chi connectivity index (χ1v) is 13.7. The second-order valence-corrected chi connectivity index (χ2v) is 9.29. The molecule has 0 spiro atoms. The van der Waals surface area contributed by atoms with Gasteiger partial charge in [0.05, 0.1) is 0 Å². The molecule has 0 aliphatic carbocycles. The summed E-state index contributed by atoms with van der Waals surface area (Å²) in [5.74, 6) is 0. The molecule has 0 radical (unpaired) electrons. The molecule has 0 N–H and O–H groups in total. The number of rotatable bonds is 25. The summed E-state index contributed by atoms with van der Waals surface area (Å²) in [5.41, 5.74) is 1.75. The molecule has 0 saturated carbocycles. The van der Waals surface area contributed by atoms with Crippen molar-refractivity contribution in [2.24, 2.45) is 0 Å². The van der Waals surface area contributed by atoms with E-state index in [1.165, 1.54) is 148 Å². The molecular formula is C30H56. The van der Waals surface area contributed by atoms with E-state index in [1.54, 1.807) is 5.57 Å². The monoisotopic (exact) mass is 416 g/mol. The molecule has 0 heteroatoms. The van der Waals surface area contributed by atoms with Crippen LogP contribution in [0, 0.1) is 0 Å². The second kappa shape index (κ2) is 26.3. The van der Waals surface area contributed by atoms with Crippen molar-refractivity contribution in [3.8, 4) is 0 Å². The van der Waals surface area contributed by atoms with Crippen molar-refractivity contribution in [3.05, 3.63) is 37.0 Å². The predicted molar refractivity (Wildman–Crippen MR) is 140 cm³/mol. The molecule has 0 aliphatic rings. The first-order valence-electron chi connectivity index (χ1n) is 13.7. The molecule has 0 aromatic rings. The van der Waals surface area contributed by atoms with Crippen LogP contribution in [0.3, 0.4) is 0 Å². The van der Waals surface area contributed by atoms with Crippen LogP contribution < -0.4 is 0 Å². The highest BCUT2D eigenvalue weighted by atomic mass is 14.1. The minimum absolute atomic E-state index is 1.19. The van der Waals surface area contributed by atoms with E-state index in [-0.39, 0.29) is 0 Å². The van der Waals surface area contributed by atoms with Crippen molar-refractivity contribution >= 4 is 0 Å². The molecule has 0 aliphatic heterocycles. The van der Waals surface area contributed by atoms with Gasteiger partial charge in [0.2, 0.25) is 0 Å². The molecule has 0 amide bonds. The fourth-order valence-corrected chi connectivity index (χ4v) is 4.37. The number of hydrogen-bond donors (Lipinski definition) is 0. The number of allylic oxidation sites excluding steroid dienone is 4. The zero-order chi connectivity index (χ0) is 22.0. The normalized spacial score (nSPS) is 11.7. The summed E-state index contributed by atoms with van der Waals surface area (Å²) in [4.78, 5) is 0. The third-order valence-corrected chi connectivity index (χ3v) is 6.31. The van der Waals surface area contributed by atoms with Crippen LogP contribution in [0.5, 0.6) is 0 Å². The predicted octanol–water partition coefficient (Wildman–Crippen LogP) is 11.3. The van der Waals surface area contributed by atoms with Crippen molar-refractivity contribution in [2.75, 3.05) is 0 Å². The van der Waals surface area contributed by atoms with Gasteiger partial charge in [-0.3, -0.25) is 0 Å². The summed E-state index contributed by atoms with van der Waals surface area (Å²) >= 11 is 0. The summed E-state index contributed by atoms with van der Waals surface area (Å²) in [6.45, 7) is 9.89. The maximum atomic E-state index is 3.80. The van der Waals surface area contributed by atoms with Gasteiger partial charge in [0.25, 0.3) is 0 Å². The van der Waals surface area contributed by atoms with Crippen molar-refractivity contribution in [1.29, 1.82) is 0 Å². The van der Waals surface area contributed by atoms with E-state index in [0.717, 1.165) is 0 Å². The Morgan fingerprint density at radius 1 is 0.467 bits per heavy atom. The fraction of sp³-hybridized carbons (Fsp3) is 0.800. The Bertz CT molecular complexity index is 375. The van der Waals surface area contributed by atoms with Crippen molar-refractivity contribution in [1.82, 2.24) is 0 Å². The Balaban J connectivity index is 3.42. The van der Waals surface area contributed by atoms with E-state index in [4.69, 9.17) is 0 Å². The first kappa shape index (κ1) is 29.2. The van der Waals surface area contributed by atoms with E-state index in [0.29, 0.717) is 0 Å². The SMILES string of the molecule is C=CCCCCCCCCCCCCCCC(=CCC)CCCCCCCCC=C. The topological polar surface area (TPSA) is 0 Å². The Kier molecular flexibility index (Phi) is 25.6. The van der Waals surface area contributed by atoms with Gasteiger partial charge in [0.1, 0.15) is 0 Å². The number of unbranched alkanes of at least 4 members (excludes halogenated alkanes) is 18. The van der Waals surface area contributed by atoms with Gasteiger partial charge in [-0.25, -0.2) is 0 Å². The largest absolute Gasteiger partial charge is 0.103 e. The maximum Gasteiger partial charge on any atom is -0.0320 e. The lowest BCUT2D eigenvalue weighted by molar-refractivity contribution is 0.539. The molecule has 0 atom stereocenters. The molecule has 30 heavy (non-hydrogen) atoms. The van der Waals surface area contributed by atoms with E-state index in [2.05, 4.69) is 38.3 Å². The van der Waals surface area contributed by atoms with Gasteiger partial charge in [-0.05, 0) is 57.8 Å². The Morgan fingerprint density at radius 2 is 0.767 bits per heavy atom. The van der Waals surface area contributed by atoms with E-state index >= 15 is 0 Å². The molecule has 0 heterocycles. The smallest absolute Gasteiger partial charge is 0.0320 e. The van der Waals surface area contributed by atoms with Gasteiger partial charge in [0.15, 0.2) is 0 Å². The van der Waals surface area contributed by atoms with Crippen LogP contribution in [0.25, 0.3) is 0 Å². The Hall–Kier alpha value is -0.780. The lowest BCUT2D eigenvalue weighted by Gasteiger charge is -2.08. The van der Waals surface area contributed by atoms with Crippen LogP contribution >= 0.6 is 0 Å². The van der Waals surface area contributed by atoms with Gasteiger partial charge in [0, 0.05) is 0 Å². The van der Waals surface area contributed by atoms with Gasteiger partial charge in [-0.1, -0.05) is 121 Å². The van der Waals surface area contributed by atoms with Gasteiger partial charge >= 0.3 is 0 Å². The maximum absolute atomic E-state index is 3.80. The van der Waals surface area contributed by atoms with E-state index < -0.39 is 0 Å². The van der Waals surface area contributed by atoms with Gasteiger partial charge in [-0.2, -0.15) is 0 Å². The fourth-order valence-electron chi connectivity index (χ4n) is 4.37. The van der Waals surface area contributed by atoms with Crippen LogP contribution in [0.4, 0.5) is 0 Å². The molecular weight excluding hydrogens is 360 g/mol.